The van der Waals surface area contributed by atoms with Gasteiger partial charge in [0.2, 0.25) is 0 Å². The standard InChI is InChI=1S/C17H17F3N4O/c18-17(19,20)12-2-1-3-13(10-12)23-6-8-24(9-7-23)16(25)14-11-22-5-4-15(14)21/h1-5,10-11H,6-9H2,(H2,21,22). The van der Waals surface area contributed by atoms with Crippen molar-refractivity contribution in [1.82, 2.24) is 9.88 Å². The Hall–Kier alpha value is -2.77. The fourth-order valence-corrected chi connectivity index (χ4v) is 2.80. The van der Waals surface area contributed by atoms with Crippen molar-refractivity contribution in [2.75, 3.05) is 36.8 Å². The molecule has 5 nitrogen and oxygen atoms in total. The molecule has 0 radical (unpaired) electrons. The molecule has 25 heavy (non-hydrogen) atoms. The van der Waals surface area contributed by atoms with Crippen molar-refractivity contribution < 1.29 is 18.0 Å². The Bertz CT molecular complexity index is 770. The summed E-state index contributed by atoms with van der Waals surface area (Å²) in [5, 5.41) is 0. The molecule has 0 aliphatic carbocycles. The number of pyridine rings is 1. The largest absolute Gasteiger partial charge is 0.416 e. The highest BCUT2D eigenvalue weighted by molar-refractivity contribution is 5.98. The molecule has 0 bridgehead atoms. The Morgan fingerprint density at radius 3 is 2.48 bits per heavy atom. The lowest BCUT2D eigenvalue weighted by molar-refractivity contribution is -0.137. The average molecular weight is 350 g/mol. The van der Waals surface area contributed by atoms with Gasteiger partial charge in [-0.3, -0.25) is 9.78 Å². The molecule has 2 N–H and O–H groups in total. The van der Waals surface area contributed by atoms with Crippen molar-refractivity contribution in [2.24, 2.45) is 0 Å². The molecule has 1 aliphatic rings. The molecule has 0 spiro atoms. The normalized spacial score (nSPS) is 15.3. The summed E-state index contributed by atoms with van der Waals surface area (Å²) < 4.78 is 38.5. The predicted octanol–water partition coefficient (Wildman–Crippen LogP) is 2.65. The number of amides is 1. The summed E-state index contributed by atoms with van der Waals surface area (Å²) in [6.45, 7) is 1.72. The topological polar surface area (TPSA) is 62.5 Å². The summed E-state index contributed by atoms with van der Waals surface area (Å²) in [7, 11) is 0. The van der Waals surface area contributed by atoms with E-state index < -0.39 is 11.7 Å². The first kappa shape index (κ1) is 17.1. The zero-order chi connectivity index (χ0) is 18.0. The summed E-state index contributed by atoms with van der Waals surface area (Å²) in [6.07, 6.45) is -1.43. The first-order chi connectivity index (χ1) is 11.9. The number of nitrogens with two attached hydrogens (primary N) is 1. The lowest BCUT2D eigenvalue weighted by atomic mass is 10.1. The van der Waals surface area contributed by atoms with Crippen LogP contribution in [-0.2, 0) is 6.18 Å². The average Bonchev–Trinajstić information content (AvgIpc) is 2.61. The minimum atomic E-state index is -4.37. The van der Waals surface area contributed by atoms with E-state index in [1.807, 2.05) is 4.90 Å². The van der Waals surface area contributed by atoms with Gasteiger partial charge in [-0.2, -0.15) is 13.2 Å². The number of rotatable bonds is 2. The van der Waals surface area contributed by atoms with Gasteiger partial charge in [0.05, 0.1) is 11.1 Å². The fourth-order valence-electron chi connectivity index (χ4n) is 2.80. The maximum Gasteiger partial charge on any atom is 0.416 e. The molecular weight excluding hydrogens is 333 g/mol. The molecule has 1 amide bonds. The van der Waals surface area contributed by atoms with Crippen LogP contribution >= 0.6 is 0 Å². The van der Waals surface area contributed by atoms with E-state index in [1.54, 1.807) is 17.0 Å². The molecule has 2 aromatic rings. The maximum atomic E-state index is 12.8. The highest BCUT2D eigenvalue weighted by atomic mass is 19.4. The van der Waals surface area contributed by atoms with Crippen molar-refractivity contribution in [3.8, 4) is 0 Å². The quantitative estimate of drug-likeness (QED) is 0.905. The van der Waals surface area contributed by atoms with Crippen LogP contribution in [0.1, 0.15) is 15.9 Å². The number of nitrogen functional groups attached to an aromatic ring is 1. The second kappa shape index (κ2) is 6.62. The minimum Gasteiger partial charge on any atom is -0.398 e. The zero-order valence-electron chi connectivity index (χ0n) is 13.3. The van der Waals surface area contributed by atoms with Crippen LogP contribution in [0.5, 0.6) is 0 Å². The SMILES string of the molecule is Nc1ccncc1C(=O)N1CCN(c2cccc(C(F)(F)F)c2)CC1. The van der Waals surface area contributed by atoms with E-state index >= 15 is 0 Å². The Morgan fingerprint density at radius 1 is 1.12 bits per heavy atom. The number of piperazine rings is 1. The molecule has 8 heteroatoms. The van der Waals surface area contributed by atoms with Crippen LogP contribution in [0, 0.1) is 0 Å². The van der Waals surface area contributed by atoms with Crippen LogP contribution in [-0.4, -0.2) is 42.0 Å². The number of aromatic nitrogens is 1. The van der Waals surface area contributed by atoms with Crippen LogP contribution in [0.3, 0.4) is 0 Å². The maximum absolute atomic E-state index is 12.8. The van der Waals surface area contributed by atoms with Crippen molar-refractivity contribution in [2.45, 2.75) is 6.18 Å². The molecule has 132 valence electrons. The van der Waals surface area contributed by atoms with Gasteiger partial charge < -0.3 is 15.5 Å². The van der Waals surface area contributed by atoms with Gasteiger partial charge in [0.25, 0.3) is 5.91 Å². The first-order valence-electron chi connectivity index (χ1n) is 7.77. The van der Waals surface area contributed by atoms with Crippen molar-refractivity contribution in [1.29, 1.82) is 0 Å². The molecule has 1 saturated heterocycles. The molecule has 0 atom stereocenters. The third kappa shape index (κ3) is 3.67. The molecule has 0 unspecified atom stereocenters. The second-order valence-electron chi connectivity index (χ2n) is 5.79. The van der Waals surface area contributed by atoms with Crippen LogP contribution < -0.4 is 10.6 Å². The number of hydrogen-bond acceptors (Lipinski definition) is 4. The molecule has 1 aromatic carbocycles. The Balaban J connectivity index is 1.68. The van der Waals surface area contributed by atoms with E-state index in [-0.39, 0.29) is 5.91 Å². The van der Waals surface area contributed by atoms with Gasteiger partial charge in [0.15, 0.2) is 0 Å². The first-order valence-corrected chi connectivity index (χ1v) is 7.77. The van der Waals surface area contributed by atoms with Crippen LogP contribution in [0.15, 0.2) is 42.7 Å². The number of carbonyl (C=O) groups is 1. The van der Waals surface area contributed by atoms with Gasteiger partial charge in [0.1, 0.15) is 0 Å². The summed E-state index contributed by atoms with van der Waals surface area (Å²) in [5.41, 5.74) is 6.33. The molecule has 1 aliphatic heterocycles. The molecule has 2 heterocycles. The predicted molar refractivity (Wildman–Crippen MR) is 88.2 cm³/mol. The minimum absolute atomic E-state index is 0.214. The van der Waals surface area contributed by atoms with E-state index in [9.17, 15) is 18.0 Å². The lowest BCUT2D eigenvalue weighted by Gasteiger charge is -2.36. The number of hydrogen-bond donors (Lipinski definition) is 1. The van der Waals surface area contributed by atoms with E-state index in [1.165, 1.54) is 18.5 Å². The van der Waals surface area contributed by atoms with Gasteiger partial charge in [-0.25, -0.2) is 0 Å². The summed E-state index contributed by atoms with van der Waals surface area (Å²) in [6, 6.07) is 6.79. The third-order valence-electron chi connectivity index (χ3n) is 4.19. The Kier molecular flexibility index (Phi) is 4.52. The lowest BCUT2D eigenvalue weighted by Crippen LogP contribution is -2.49. The highest BCUT2D eigenvalue weighted by Gasteiger charge is 2.31. The number of alkyl halides is 3. The molecule has 1 fully saturated rings. The van der Waals surface area contributed by atoms with E-state index in [4.69, 9.17) is 5.73 Å². The third-order valence-corrected chi connectivity index (χ3v) is 4.19. The van der Waals surface area contributed by atoms with Gasteiger partial charge in [-0.05, 0) is 24.3 Å². The number of anilines is 2. The molecule has 0 saturated carbocycles. The van der Waals surface area contributed by atoms with Gasteiger partial charge in [-0.1, -0.05) is 6.07 Å². The van der Waals surface area contributed by atoms with Gasteiger partial charge >= 0.3 is 6.18 Å². The van der Waals surface area contributed by atoms with Crippen LogP contribution in [0.25, 0.3) is 0 Å². The molecule has 3 rings (SSSR count). The molecular formula is C17H17F3N4O. The summed E-state index contributed by atoms with van der Waals surface area (Å²) >= 11 is 0. The van der Waals surface area contributed by atoms with Gasteiger partial charge in [0, 0.05) is 49.9 Å². The van der Waals surface area contributed by atoms with Crippen LogP contribution in [0.2, 0.25) is 0 Å². The zero-order valence-corrected chi connectivity index (χ0v) is 13.3. The van der Waals surface area contributed by atoms with Gasteiger partial charge in [-0.15, -0.1) is 0 Å². The number of halogens is 3. The second-order valence-corrected chi connectivity index (χ2v) is 5.79. The fraction of sp³-hybridized carbons (Fsp3) is 0.294. The highest BCUT2D eigenvalue weighted by Crippen LogP contribution is 2.32. The van der Waals surface area contributed by atoms with Crippen molar-refractivity contribution in [3.05, 3.63) is 53.9 Å². The smallest absolute Gasteiger partial charge is 0.398 e. The number of carbonyl (C=O) groups excluding carboxylic acids is 1. The van der Waals surface area contributed by atoms with E-state index in [0.29, 0.717) is 43.1 Å². The van der Waals surface area contributed by atoms with Crippen molar-refractivity contribution >= 4 is 17.3 Å². The molecule has 1 aromatic heterocycles. The Labute approximate surface area is 142 Å². The van der Waals surface area contributed by atoms with E-state index in [0.717, 1.165) is 12.1 Å². The number of nitrogens with zero attached hydrogens (tertiary/aromatic N) is 3. The summed E-state index contributed by atoms with van der Waals surface area (Å²) in [4.78, 5) is 19.9. The monoisotopic (exact) mass is 350 g/mol. The number of benzene rings is 1. The van der Waals surface area contributed by atoms with Crippen LogP contribution in [0.4, 0.5) is 24.5 Å². The summed E-state index contributed by atoms with van der Waals surface area (Å²) in [5.74, 6) is -0.214. The van der Waals surface area contributed by atoms with Crippen molar-refractivity contribution in [3.63, 3.8) is 0 Å². The Morgan fingerprint density at radius 2 is 1.84 bits per heavy atom. The van der Waals surface area contributed by atoms with E-state index in [2.05, 4.69) is 4.98 Å².